The van der Waals surface area contributed by atoms with Gasteiger partial charge >= 0.3 is 6.16 Å². The number of alkyl halides is 4. The molecule has 0 saturated carbocycles. The lowest BCUT2D eigenvalue weighted by Gasteiger charge is -2.19. The number of carbonyl (C=O) groups excluding carboxylic acids is 1. The summed E-state index contributed by atoms with van der Waals surface area (Å²) < 4.78 is 7.20. The maximum atomic E-state index is 11.1. The Morgan fingerprint density at radius 2 is 1.25 bits per heavy atom. The molecule has 0 aromatic heterocycles. The minimum atomic E-state index is -1.09. The number of ether oxygens (including phenoxy) is 2. The minimum absolute atomic E-state index is 0.144. The predicted octanol–water partition coefficient (Wildman–Crippen LogP) is 4.31. The zero-order valence-electron chi connectivity index (χ0n) is 9.07. The van der Waals surface area contributed by atoms with Crippen molar-refractivity contribution in [1.29, 1.82) is 0 Å². The second kappa shape index (κ2) is 7.00. The van der Waals surface area contributed by atoms with Crippen LogP contribution in [0.15, 0.2) is 0 Å². The molecule has 16 heavy (non-hydrogen) atoms. The van der Waals surface area contributed by atoms with Crippen LogP contribution in [0.25, 0.3) is 0 Å². The number of carbonyl (C=O) groups is 1. The van der Waals surface area contributed by atoms with Gasteiger partial charge in [0, 0.05) is 0 Å². The quantitative estimate of drug-likeness (QED) is 0.541. The summed E-state index contributed by atoms with van der Waals surface area (Å²) in [6.07, 6.45) is 0.0129. The van der Waals surface area contributed by atoms with Crippen molar-refractivity contribution in [3.8, 4) is 0 Å². The van der Waals surface area contributed by atoms with Crippen LogP contribution in [0.5, 0.6) is 0 Å². The summed E-state index contributed by atoms with van der Waals surface area (Å²) in [4.78, 5) is 11.1. The van der Waals surface area contributed by atoms with E-state index in [-0.39, 0.29) is 13.2 Å². The highest BCUT2D eigenvalue weighted by Gasteiger charge is 2.27. The highest BCUT2D eigenvalue weighted by atomic mass is 35.5. The summed E-state index contributed by atoms with van der Waals surface area (Å²) in [5.41, 5.74) is 0. The Kier molecular flexibility index (Phi) is 7.18. The molecule has 0 aliphatic rings. The first-order valence-corrected chi connectivity index (χ1v) is 6.29. The average molecular weight is 312 g/mol. The predicted molar refractivity (Wildman–Crippen MR) is 66.8 cm³/mol. The molecule has 0 N–H and O–H groups in total. The molecule has 0 bridgehead atoms. The van der Waals surface area contributed by atoms with Crippen molar-refractivity contribution in [3.63, 3.8) is 0 Å². The van der Waals surface area contributed by atoms with Crippen molar-refractivity contribution in [2.24, 2.45) is 0 Å². The Labute approximate surface area is 115 Å². The number of hydrogen-bond acceptors (Lipinski definition) is 3. The van der Waals surface area contributed by atoms with Gasteiger partial charge in [0.25, 0.3) is 0 Å². The molecule has 0 aliphatic heterocycles. The Balaban J connectivity index is 3.85. The van der Waals surface area contributed by atoms with E-state index in [0.29, 0.717) is 12.8 Å². The molecule has 0 fully saturated rings. The summed E-state index contributed by atoms with van der Waals surface area (Å²) in [5, 5.41) is 0. The van der Waals surface area contributed by atoms with Gasteiger partial charge in [-0.3, -0.25) is 0 Å². The molecule has 0 radical (unpaired) electrons. The van der Waals surface area contributed by atoms with Crippen molar-refractivity contribution < 1.29 is 14.3 Å². The van der Waals surface area contributed by atoms with Gasteiger partial charge in [0.15, 0.2) is 8.67 Å². The van der Waals surface area contributed by atoms with E-state index < -0.39 is 14.8 Å². The molecule has 0 aliphatic carbocycles. The first kappa shape index (κ1) is 16.4. The van der Waals surface area contributed by atoms with Gasteiger partial charge in [-0.2, -0.15) is 0 Å². The first-order chi connectivity index (χ1) is 7.22. The molecule has 0 aromatic rings. The lowest BCUT2D eigenvalue weighted by atomic mass is 10.3. The van der Waals surface area contributed by atoms with Crippen molar-refractivity contribution in [2.45, 2.75) is 35.4 Å². The van der Waals surface area contributed by atoms with E-state index in [1.807, 2.05) is 0 Å². The highest BCUT2D eigenvalue weighted by Crippen LogP contribution is 2.26. The monoisotopic (exact) mass is 310 g/mol. The first-order valence-electron chi connectivity index (χ1n) is 4.77. The number of halogens is 4. The zero-order valence-corrected chi connectivity index (χ0v) is 12.1. The molecule has 0 rings (SSSR count). The molecular formula is C9H14Cl4O3. The summed E-state index contributed by atoms with van der Waals surface area (Å²) in [6, 6.07) is 0. The van der Waals surface area contributed by atoms with Crippen molar-refractivity contribution in [3.05, 3.63) is 0 Å². The SMILES string of the molecule is CCC(Cl)(Cl)COC(=O)OCC(Cl)(Cl)CC. The van der Waals surface area contributed by atoms with Crippen LogP contribution in [-0.2, 0) is 9.47 Å². The number of rotatable bonds is 6. The van der Waals surface area contributed by atoms with Crippen molar-refractivity contribution >= 4 is 52.6 Å². The summed E-state index contributed by atoms with van der Waals surface area (Å²) in [7, 11) is 0. The van der Waals surface area contributed by atoms with E-state index >= 15 is 0 Å². The van der Waals surface area contributed by atoms with Crippen molar-refractivity contribution in [1.82, 2.24) is 0 Å². The molecular weight excluding hydrogens is 298 g/mol. The van der Waals surface area contributed by atoms with Crippen LogP contribution in [0, 0.1) is 0 Å². The van der Waals surface area contributed by atoms with E-state index in [0.717, 1.165) is 0 Å². The van der Waals surface area contributed by atoms with E-state index in [4.69, 9.17) is 55.9 Å². The molecule has 0 amide bonds. The second-order valence-electron chi connectivity index (χ2n) is 3.25. The van der Waals surface area contributed by atoms with Crippen LogP contribution in [0.4, 0.5) is 4.79 Å². The van der Waals surface area contributed by atoms with Crippen LogP contribution in [0.2, 0.25) is 0 Å². The molecule has 0 unspecified atom stereocenters. The van der Waals surface area contributed by atoms with E-state index in [2.05, 4.69) is 0 Å². The fourth-order valence-corrected chi connectivity index (χ4v) is 0.793. The lowest BCUT2D eigenvalue weighted by molar-refractivity contribution is 0.0503. The van der Waals surface area contributed by atoms with Crippen LogP contribution in [0.1, 0.15) is 26.7 Å². The third-order valence-electron chi connectivity index (χ3n) is 1.84. The maximum Gasteiger partial charge on any atom is 0.508 e. The summed E-state index contributed by atoms with van der Waals surface area (Å²) >= 11 is 23.1. The largest absolute Gasteiger partial charge is 0.508 e. The Bertz CT molecular complexity index is 209. The van der Waals surface area contributed by atoms with Gasteiger partial charge in [0.2, 0.25) is 0 Å². The second-order valence-corrected chi connectivity index (χ2v) is 6.53. The van der Waals surface area contributed by atoms with Crippen LogP contribution < -0.4 is 0 Å². The molecule has 3 nitrogen and oxygen atoms in total. The smallest absolute Gasteiger partial charge is 0.431 e. The van der Waals surface area contributed by atoms with E-state index in [1.54, 1.807) is 13.8 Å². The Morgan fingerprint density at radius 3 is 1.50 bits per heavy atom. The van der Waals surface area contributed by atoms with Gasteiger partial charge in [0.1, 0.15) is 13.2 Å². The molecule has 0 atom stereocenters. The van der Waals surface area contributed by atoms with Gasteiger partial charge in [-0.15, -0.1) is 0 Å². The van der Waals surface area contributed by atoms with Crippen LogP contribution >= 0.6 is 46.4 Å². The van der Waals surface area contributed by atoms with Gasteiger partial charge in [-0.25, -0.2) is 4.79 Å². The minimum Gasteiger partial charge on any atom is -0.431 e. The maximum absolute atomic E-state index is 11.1. The fourth-order valence-electron chi connectivity index (χ4n) is 0.575. The molecule has 0 spiro atoms. The van der Waals surface area contributed by atoms with E-state index in [9.17, 15) is 4.79 Å². The average Bonchev–Trinajstić information content (AvgIpc) is 2.24. The van der Waals surface area contributed by atoms with Gasteiger partial charge in [0.05, 0.1) is 0 Å². The highest BCUT2D eigenvalue weighted by molar-refractivity contribution is 6.49. The van der Waals surface area contributed by atoms with Crippen LogP contribution in [-0.4, -0.2) is 28.0 Å². The molecule has 7 heteroatoms. The van der Waals surface area contributed by atoms with Gasteiger partial charge in [-0.05, 0) is 12.8 Å². The zero-order chi connectivity index (χ0) is 12.8. The molecule has 0 saturated heterocycles. The molecule has 0 heterocycles. The Morgan fingerprint density at radius 1 is 0.938 bits per heavy atom. The fraction of sp³-hybridized carbons (Fsp3) is 0.889. The summed E-state index contributed by atoms with van der Waals surface area (Å²) in [5.74, 6) is 0. The third kappa shape index (κ3) is 7.66. The Hall–Kier alpha value is 0.430. The van der Waals surface area contributed by atoms with E-state index in [1.165, 1.54) is 0 Å². The van der Waals surface area contributed by atoms with Gasteiger partial charge in [-0.1, -0.05) is 60.3 Å². The topological polar surface area (TPSA) is 35.5 Å². The standard InChI is InChI=1S/C9H14Cl4O3/c1-3-8(10,11)5-15-7(14)16-6-9(12,13)4-2/h3-6H2,1-2H3. The third-order valence-corrected chi connectivity index (χ3v) is 3.34. The molecule has 96 valence electrons. The molecule has 0 aromatic carbocycles. The van der Waals surface area contributed by atoms with Crippen molar-refractivity contribution in [2.75, 3.05) is 13.2 Å². The normalized spacial score (nSPS) is 12.4. The summed E-state index contributed by atoms with van der Waals surface area (Å²) in [6.45, 7) is 3.26. The van der Waals surface area contributed by atoms with Gasteiger partial charge < -0.3 is 9.47 Å². The lowest BCUT2D eigenvalue weighted by Crippen LogP contribution is -2.26. The number of hydrogen-bond donors (Lipinski definition) is 0. The van der Waals surface area contributed by atoms with Crippen LogP contribution in [0.3, 0.4) is 0 Å².